The van der Waals surface area contributed by atoms with Crippen LogP contribution in [0.3, 0.4) is 0 Å². The molecule has 0 radical (unpaired) electrons. The minimum absolute atomic E-state index is 0.0193. The maximum absolute atomic E-state index is 13.8. The van der Waals surface area contributed by atoms with Crippen LogP contribution in [0.1, 0.15) is 18.4 Å². The quantitative estimate of drug-likeness (QED) is 0.790. The van der Waals surface area contributed by atoms with E-state index in [1.807, 2.05) is 19.0 Å². The lowest BCUT2D eigenvalue weighted by atomic mass is 10.1. The van der Waals surface area contributed by atoms with E-state index in [1.54, 1.807) is 6.92 Å². The highest BCUT2D eigenvalue weighted by atomic mass is 32.2. The Morgan fingerprint density at radius 1 is 1.22 bits per heavy atom. The van der Waals surface area contributed by atoms with E-state index in [0.29, 0.717) is 44.7 Å². The van der Waals surface area contributed by atoms with Gasteiger partial charge in [-0.1, -0.05) is 6.07 Å². The van der Waals surface area contributed by atoms with E-state index in [0.717, 1.165) is 6.07 Å². The fraction of sp³-hybridized carbons (Fsp3) is 0.625. The van der Waals surface area contributed by atoms with Crippen LogP contribution < -0.4 is 0 Å². The first-order chi connectivity index (χ1) is 10.8. The van der Waals surface area contributed by atoms with Crippen LogP contribution in [0.4, 0.5) is 4.39 Å². The number of halogens is 1. The molecule has 1 fully saturated rings. The van der Waals surface area contributed by atoms with Gasteiger partial charge in [0.1, 0.15) is 5.82 Å². The molecule has 1 aliphatic heterocycles. The number of hydrogen-bond donors (Lipinski definition) is 0. The highest BCUT2D eigenvalue weighted by Crippen LogP contribution is 2.24. The van der Waals surface area contributed by atoms with Crippen molar-refractivity contribution in [2.75, 3.05) is 40.4 Å². The van der Waals surface area contributed by atoms with Gasteiger partial charge in [0.25, 0.3) is 0 Å². The molecule has 7 heteroatoms. The van der Waals surface area contributed by atoms with Gasteiger partial charge in [-0.05, 0) is 51.6 Å². The second-order valence-electron chi connectivity index (χ2n) is 6.17. The molecule has 0 atom stereocenters. The van der Waals surface area contributed by atoms with Crippen LogP contribution in [0.5, 0.6) is 0 Å². The van der Waals surface area contributed by atoms with Crippen molar-refractivity contribution in [2.45, 2.75) is 30.7 Å². The molecular formula is C16H25FN2O3S. The van der Waals surface area contributed by atoms with Gasteiger partial charge < -0.3 is 9.64 Å². The Hall–Kier alpha value is -1.02. The van der Waals surface area contributed by atoms with Crippen molar-refractivity contribution < 1.29 is 17.5 Å². The van der Waals surface area contributed by atoms with Crippen molar-refractivity contribution in [3.05, 3.63) is 29.6 Å². The number of likely N-dealkylation sites (N-methyl/N-ethyl adjacent to an activating group) is 1. The van der Waals surface area contributed by atoms with Gasteiger partial charge in [-0.25, -0.2) is 12.8 Å². The summed E-state index contributed by atoms with van der Waals surface area (Å²) in [5, 5.41) is 0. The molecule has 0 bridgehead atoms. The summed E-state index contributed by atoms with van der Waals surface area (Å²) in [4.78, 5) is 1.96. The predicted molar refractivity (Wildman–Crippen MR) is 87.4 cm³/mol. The van der Waals surface area contributed by atoms with E-state index in [2.05, 4.69) is 0 Å². The molecule has 0 N–H and O–H groups in total. The highest BCUT2D eigenvalue weighted by molar-refractivity contribution is 7.89. The van der Waals surface area contributed by atoms with E-state index < -0.39 is 15.8 Å². The summed E-state index contributed by atoms with van der Waals surface area (Å²) in [7, 11) is 0.0817. The van der Waals surface area contributed by atoms with Gasteiger partial charge in [0.05, 0.1) is 4.90 Å². The molecule has 1 aromatic carbocycles. The number of rotatable bonds is 6. The fourth-order valence-corrected chi connectivity index (χ4v) is 4.33. The summed E-state index contributed by atoms with van der Waals surface area (Å²) in [6.45, 7) is 3.73. The molecule has 1 saturated heterocycles. The molecule has 0 amide bonds. The molecule has 0 spiro atoms. The van der Waals surface area contributed by atoms with Gasteiger partial charge in [0.15, 0.2) is 0 Å². The standard InChI is InChI=1S/C16H25FN2O3S/c1-13-4-5-15(12-16(13)17)23(20,21)19(9-8-18(2)3)14-6-10-22-11-7-14/h4-5,12,14H,6-11H2,1-3H3. The summed E-state index contributed by atoms with van der Waals surface area (Å²) in [5.74, 6) is -0.495. The number of aryl methyl sites for hydroxylation is 1. The normalized spacial score (nSPS) is 17.1. The summed E-state index contributed by atoms with van der Waals surface area (Å²) >= 11 is 0. The van der Waals surface area contributed by atoms with Crippen LogP contribution >= 0.6 is 0 Å². The van der Waals surface area contributed by atoms with Crippen molar-refractivity contribution >= 4 is 10.0 Å². The Balaban J connectivity index is 2.32. The average Bonchev–Trinajstić information content (AvgIpc) is 2.50. The largest absolute Gasteiger partial charge is 0.381 e. The first-order valence-corrected chi connectivity index (χ1v) is 9.27. The third-order valence-corrected chi connectivity index (χ3v) is 6.06. The number of benzene rings is 1. The average molecular weight is 344 g/mol. The first kappa shape index (κ1) is 18.3. The highest BCUT2D eigenvalue weighted by Gasteiger charge is 2.32. The van der Waals surface area contributed by atoms with Crippen molar-refractivity contribution in [3.8, 4) is 0 Å². The molecule has 1 heterocycles. The maximum atomic E-state index is 13.8. The topological polar surface area (TPSA) is 49.9 Å². The van der Waals surface area contributed by atoms with E-state index in [4.69, 9.17) is 4.74 Å². The molecular weight excluding hydrogens is 319 g/mol. The van der Waals surface area contributed by atoms with Gasteiger partial charge in [-0.2, -0.15) is 4.31 Å². The molecule has 130 valence electrons. The number of nitrogens with zero attached hydrogens (tertiary/aromatic N) is 2. The third-order valence-electron chi connectivity index (χ3n) is 4.12. The first-order valence-electron chi connectivity index (χ1n) is 7.83. The Bertz CT molecular complexity index is 628. The molecule has 5 nitrogen and oxygen atoms in total. The Labute approximate surface area is 138 Å². The molecule has 0 unspecified atom stereocenters. The van der Waals surface area contributed by atoms with Crippen LogP contribution in [0, 0.1) is 12.7 Å². The van der Waals surface area contributed by atoms with Gasteiger partial charge in [0.2, 0.25) is 10.0 Å². The zero-order valence-electron chi connectivity index (χ0n) is 14.0. The lowest BCUT2D eigenvalue weighted by Gasteiger charge is -2.34. The molecule has 1 aliphatic rings. The second kappa shape index (κ2) is 7.70. The lowest BCUT2D eigenvalue weighted by Crippen LogP contribution is -2.46. The molecule has 0 aromatic heterocycles. The minimum atomic E-state index is -3.72. The Kier molecular flexibility index (Phi) is 6.13. The van der Waals surface area contributed by atoms with Crippen LogP contribution in [0.2, 0.25) is 0 Å². The van der Waals surface area contributed by atoms with Crippen molar-refractivity contribution in [2.24, 2.45) is 0 Å². The molecule has 2 rings (SSSR count). The van der Waals surface area contributed by atoms with Crippen LogP contribution in [0.15, 0.2) is 23.1 Å². The van der Waals surface area contributed by atoms with E-state index in [9.17, 15) is 12.8 Å². The monoisotopic (exact) mass is 344 g/mol. The second-order valence-corrected chi connectivity index (χ2v) is 8.06. The van der Waals surface area contributed by atoms with Crippen LogP contribution in [0.25, 0.3) is 0 Å². The molecule has 0 saturated carbocycles. The third kappa shape index (κ3) is 4.50. The summed E-state index contributed by atoms with van der Waals surface area (Å²) in [5.41, 5.74) is 0.440. The van der Waals surface area contributed by atoms with Crippen LogP contribution in [-0.2, 0) is 14.8 Å². The van der Waals surface area contributed by atoms with E-state index >= 15 is 0 Å². The van der Waals surface area contributed by atoms with Crippen molar-refractivity contribution in [1.82, 2.24) is 9.21 Å². The van der Waals surface area contributed by atoms with Gasteiger partial charge >= 0.3 is 0 Å². The molecule has 1 aromatic rings. The predicted octanol–water partition coefficient (Wildman–Crippen LogP) is 1.87. The van der Waals surface area contributed by atoms with Gasteiger partial charge in [-0.15, -0.1) is 0 Å². The minimum Gasteiger partial charge on any atom is -0.381 e. The van der Waals surface area contributed by atoms with Crippen LogP contribution in [-0.4, -0.2) is 64.1 Å². The van der Waals surface area contributed by atoms with Gasteiger partial charge in [-0.3, -0.25) is 0 Å². The summed E-state index contributed by atoms with van der Waals surface area (Å²) < 4.78 is 46.7. The van der Waals surface area contributed by atoms with E-state index in [1.165, 1.54) is 16.4 Å². The molecule has 23 heavy (non-hydrogen) atoms. The number of ether oxygens (including phenoxy) is 1. The number of sulfonamides is 1. The van der Waals surface area contributed by atoms with Crippen molar-refractivity contribution in [3.63, 3.8) is 0 Å². The zero-order chi connectivity index (χ0) is 17.0. The molecule has 0 aliphatic carbocycles. The summed E-state index contributed by atoms with van der Waals surface area (Å²) in [6.07, 6.45) is 1.34. The van der Waals surface area contributed by atoms with Crippen molar-refractivity contribution in [1.29, 1.82) is 0 Å². The van der Waals surface area contributed by atoms with E-state index in [-0.39, 0.29) is 10.9 Å². The SMILES string of the molecule is Cc1ccc(S(=O)(=O)N(CCN(C)C)C2CCOCC2)cc1F. The lowest BCUT2D eigenvalue weighted by molar-refractivity contribution is 0.0573. The number of hydrogen-bond acceptors (Lipinski definition) is 4. The maximum Gasteiger partial charge on any atom is 0.243 e. The summed E-state index contributed by atoms with van der Waals surface area (Å²) in [6, 6.07) is 4.01. The zero-order valence-corrected chi connectivity index (χ0v) is 14.8. The Morgan fingerprint density at radius 2 is 1.87 bits per heavy atom. The Morgan fingerprint density at radius 3 is 2.43 bits per heavy atom. The van der Waals surface area contributed by atoms with Gasteiger partial charge in [0, 0.05) is 32.3 Å². The fourth-order valence-electron chi connectivity index (χ4n) is 2.64. The smallest absolute Gasteiger partial charge is 0.243 e.